The van der Waals surface area contributed by atoms with Crippen LogP contribution < -0.4 is 10.6 Å². The zero-order valence-electron chi connectivity index (χ0n) is 9.51. The number of fused-ring (bicyclic) bond motifs is 1. The minimum Gasteiger partial charge on any atom is -0.383 e. The molecule has 0 fully saturated rings. The first kappa shape index (κ1) is 11.4. The standard InChI is InChI=1S/C11H14N4O2/c1-17-7-5-12-11(16)14-9-3-6-15-10(8-9)2-4-13-15/h2-4,6,8H,5,7H2,1H3,(H2,12,14,16). The Morgan fingerprint density at radius 3 is 3.24 bits per heavy atom. The van der Waals surface area contributed by atoms with E-state index in [0.717, 1.165) is 11.2 Å². The number of nitrogens with zero attached hydrogens (tertiary/aromatic N) is 2. The normalized spacial score (nSPS) is 10.4. The minimum atomic E-state index is -0.245. The van der Waals surface area contributed by atoms with E-state index < -0.39 is 0 Å². The van der Waals surface area contributed by atoms with Gasteiger partial charge in [-0.1, -0.05) is 0 Å². The van der Waals surface area contributed by atoms with Crippen molar-refractivity contribution < 1.29 is 9.53 Å². The first-order valence-corrected chi connectivity index (χ1v) is 5.27. The summed E-state index contributed by atoms with van der Waals surface area (Å²) in [6.07, 6.45) is 3.50. The lowest BCUT2D eigenvalue weighted by molar-refractivity contribution is 0.198. The Kier molecular flexibility index (Phi) is 3.56. The average Bonchev–Trinajstić information content (AvgIpc) is 2.76. The molecule has 2 amide bonds. The molecule has 0 aliphatic heterocycles. The fourth-order valence-electron chi connectivity index (χ4n) is 1.44. The van der Waals surface area contributed by atoms with E-state index in [4.69, 9.17) is 4.74 Å². The number of pyridine rings is 1. The van der Waals surface area contributed by atoms with Gasteiger partial charge in [-0.15, -0.1) is 0 Å². The van der Waals surface area contributed by atoms with Gasteiger partial charge < -0.3 is 15.4 Å². The van der Waals surface area contributed by atoms with E-state index in [-0.39, 0.29) is 6.03 Å². The van der Waals surface area contributed by atoms with Crippen molar-refractivity contribution in [3.8, 4) is 0 Å². The Morgan fingerprint density at radius 2 is 2.41 bits per heavy atom. The van der Waals surface area contributed by atoms with Gasteiger partial charge in [0.1, 0.15) is 0 Å². The highest BCUT2D eigenvalue weighted by atomic mass is 16.5. The molecule has 2 N–H and O–H groups in total. The predicted molar refractivity (Wildman–Crippen MR) is 64.1 cm³/mol. The lowest BCUT2D eigenvalue weighted by atomic mass is 10.3. The van der Waals surface area contributed by atoms with Crippen LogP contribution in [0.25, 0.3) is 5.52 Å². The van der Waals surface area contributed by atoms with Crippen molar-refractivity contribution in [3.05, 3.63) is 30.6 Å². The molecule has 0 aliphatic carbocycles. The van der Waals surface area contributed by atoms with E-state index >= 15 is 0 Å². The summed E-state index contributed by atoms with van der Waals surface area (Å²) in [5.74, 6) is 0. The first-order valence-electron chi connectivity index (χ1n) is 5.27. The minimum absolute atomic E-state index is 0.245. The average molecular weight is 234 g/mol. The van der Waals surface area contributed by atoms with Crippen LogP contribution in [0.15, 0.2) is 30.6 Å². The number of methoxy groups -OCH3 is 1. The van der Waals surface area contributed by atoms with Gasteiger partial charge >= 0.3 is 6.03 Å². The lowest BCUT2D eigenvalue weighted by Gasteiger charge is -2.07. The molecular weight excluding hydrogens is 220 g/mol. The van der Waals surface area contributed by atoms with E-state index in [2.05, 4.69) is 15.7 Å². The predicted octanol–water partition coefficient (Wildman–Crippen LogP) is 1.10. The van der Waals surface area contributed by atoms with Gasteiger partial charge in [0.15, 0.2) is 0 Å². The van der Waals surface area contributed by atoms with Gasteiger partial charge in [0, 0.05) is 31.7 Å². The highest BCUT2D eigenvalue weighted by molar-refractivity contribution is 5.89. The molecule has 0 saturated heterocycles. The highest BCUT2D eigenvalue weighted by Gasteiger charge is 2.01. The van der Waals surface area contributed by atoms with Crippen LogP contribution in [0.2, 0.25) is 0 Å². The first-order chi connectivity index (χ1) is 8.29. The Balaban J connectivity index is 1.95. The van der Waals surface area contributed by atoms with Crippen LogP contribution in [0, 0.1) is 0 Å². The number of ether oxygens (including phenoxy) is 1. The molecule has 6 heteroatoms. The number of carbonyl (C=O) groups is 1. The van der Waals surface area contributed by atoms with Gasteiger partial charge in [-0.2, -0.15) is 5.10 Å². The van der Waals surface area contributed by atoms with Gasteiger partial charge in [0.05, 0.1) is 12.1 Å². The number of urea groups is 1. The maximum atomic E-state index is 11.5. The van der Waals surface area contributed by atoms with Crippen molar-refractivity contribution in [3.63, 3.8) is 0 Å². The summed E-state index contributed by atoms with van der Waals surface area (Å²) in [7, 11) is 1.59. The SMILES string of the molecule is COCCNC(=O)Nc1ccn2nccc2c1. The monoisotopic (exact) mass is 234 g/mol. The molecule has 0 radical (unpaired) electrons. The quantitative estimate of drug-likeness (QED) is 0.778. The number of amides is 2. The van der Waals surface area contributed by atoms with E-state index in [9.17, 15) is 4.79 Å². The number of hydrogen-bond donors (Lipinski definition) is 2. The molecule has 0 bridgehead atoms. The van der Waals surface area contributed by atoms with Gasteiger partial charge in [0.25, 0.3) is 0 Å². The summed E-state index contributed by atoms with van der Waals surface area (Å²) in [6.45, 7) is 0.979. The second-order valence-electron chi connectivity index (χ2n) is 3.49. The van der Waals surface area contributed by atoms with Crippen LogP contribution in [0.1, 0.15) is 0 Å². The summed E-state index contributed by atoms with van der Waals surface area (Å²) in [4.78, 5) is 11.5. The number of rotatable bonds is 4. The van der Waals surface area contributed by atoms with Crippen LogP contribution in [0.3, 0.4) is 0 Å². The maximum absolute atomic E-state index is 11.5. The zero-order chi connectivity index (χ0) is 12.1. The molecule has 0 unspecified atom stereocenters. The molecule has 2 heterocycles. The van der Waals surface area contributed by atoms with Crippen LogP contribution in [-0.4, -0.2) is 35.9 Å². The number of anilines is 1. The zero-order valence-corrected chi connectivity index (χ0v) is 9.51. The van der Waals surface area contributed by atoms with E-state index in [1.807, 2.05) is 12.1 Å². The van der Waals surface area contributed by atoms with Crippen molar-refractivity contribution in [2.75, 3.05) is 25.6 Å². The second kappa shape index (κ2) is 5.31. The fourth-order valence-corrected chi connectivity index (χ4v) is 1.44. The molecule has 2 aromatic heterocycles. The maximum Gasteiger partial charge on any atom is 0.319 e. The van der Waals surface area contributed by atoms with Gasteiger partial charge in [-0.05, 0) is 18.2 Å². The Bertz CT molecular complexity index is 509. The number of nitrogens with one attached hydrogen (secondary N) is 2. The topological polar surface area (TPSA) is 67.7 Å². The highest BCUT2D eigenvalue weighted by Crippen LogP contribution is 2.10. The number of aromatic nitrogens is 2. The fraction of sp³-hybridized carbons (Fsp3) is 0.273. The largest absolute Gasteiger partial charge is 0.383 e. The van der Waals surface area contributed by atoms with Crippen LogP contribution in [0.4, 0.5) is 10.5 Å². The van der Waals surface area contributed by atoms with Gasteiger partial charge in [0.2, 0.25) is 0 Å². The molecule has 6 nitrogen and oxygen atoms in total. The summed E-state index contributed by atoms with van der Waals surface area (Å²) in [6, 6.07) is 5.26. The third-order valence-electron chi connectivity index (χ3n) is 2.25. The molecule has 0 spiro atoms. The molecule has 2 rings (SSSR count). The van der Waals surface area contributed by atoms with Crippen LogP contribution >= 0.6 is 0 Å². The third kappa shape index (κ3) is 2.94. The molecular formula is C11H14N4O2. The van der Waals surface area contributed by atoms with Crippen molar-refractivity contribution in [2.45, 2.75) is 0 Å². The van der Waals surface area contributed by atoms with Crippen LogP contribution in [-0.2, 0) is 4.74 Å². The molecule has 17 heavy (non-hydrogen) atoms. The Hall–Kier alpha value is -2.08. The summed E-state index contributed by atoms with van der Waals surface area (Å²) in [5, 5.41) is 9.48. The van der Waals surface area contributed by atoms with Crippen molar-refractivity contribution in [1.82, 2.24) is 14.9 Å². The molecule has 0 atom stereocenters. The van der Waals surface area contributed by atoms with E-state index in [1.54, 1.807) is 30.1 Å². The Morgan fingerprint density at radius 1 is 1.53 bits per heavy atom. The summed E-state index contributed by atoms with van der Waals surface area (Å²) >= 11 is 0. The smallest absolute Gasteiger partial charge is 0.319 e. The van der Waals surface area contributed by atoms with Crippen molar-refractivity contribution in [1.29, 1.82) is 0 Å². The third-order valence-corrected chi connectivity index (χ3v) is 2.25. The summed E-state index contributed by atoms with van der Waals surface area (Å²) < 4.78 is 6.57. The van der Waals surface area contributed by atoms with E-state index in [1.165, 1.54) is 0 Å². The molecule has 0 saturated carbocycles. The molecule has 2 aromatic rings. The number of hydrogen-bond acceptors (Lipinski definition) is 3. The Labute approximate surface area is 98.6 Å². The number of carbonyl (C=O) groups excluding carboxylic acids is 1. The molecule has 0 aromatic carbocycles. The van der Waals surface area contributed by atoms with Gasteiger partial charge in [-0.25, -0.2) is 9.31 Å². The molecule has 0 aliphatic rings. The van der Waals surface area contributed by atoms with Crippen molar-refractivity contribution >= 4 is 17.2 Å². The second-order valence-corrected chi connectivity index (χ2v) is 3.49. The summed E-state index contributed by atoms with van der Waals surface area (Å²) in [5.41, 5.74) is 1.66. The van der Waals surface area contributed by atoms with Gasteiger partial charge in [-0.3, -0.25) is 0 Å². The van der Waals surface area contributed by atoms with Crippen LogP contribution in [0.5, 0.6) is 0 Å². The molecule has 90 valence electrons. The van der Waals surface area contributed by atoms with E-state index in [0.29, 0.717) is 13.2 Å². The van der Waals surface area contributed by atoms with Crippen molar-refractivity contribution in [2.24, 2.45) is 0 Å². The lowest BCUT2D eigenvalue weighted by Crippen LogP contribution is -2.31.